The van der Waals surface area contributed by atoms with Crippen LogP contribution < -0.4 is 11.1 Å². The first kappa shape index (κ1) is 16.1. The first-order valence-electron chi connectivity index (χ1n) is 6.39. The maximum Gasteiger partial charge on any atom is 0.293 e. The predicted octanol–water partition coefficient (Wildman–Crippen LogP) is -0.649. The SMILES string of the molecule is NC(=O)c1cccc([N+](=O)[O-])c1NC1=CC(=O)N(CCO)C1=O. The molecule has 0 atom stereocenters. The fourth-order valence-corrected chi connectivity index (χ4v) is 2.07. The van der Waals surface area contributed by atoms with Gasteiger partial charge in [0.15, 0.2) is 0 Å². The Morgan fingerprint density at radius 3 is 2.65 bits per heavy atom. The van der Waals surface area contributed by atoms with Gasteiger partial charge >= 0.3 is 0 Å². The molecule has 1 aliphatic heterocycles. The number of nitrogens with zero attached hydrogens (tertiary/aromatic N) is 2. The number of hydrogen-bond donors (Lipinski definition) is 3. The molecule has 0 radical (unpaired) electrons. The summed E-state index contributed by atoms with van der Waals surface area (Å²) in [6.07, 6.45) is 0.930. The summed E-state index contributed by atoms with van der Waals surface area (Å²) in [5.74, 6) is -2.37. The second-order valence-electron chi connectivity index (χ2n) is 4.52. The van der Waals surface area contributed by atoms with Crippen LogP contribution in [0.3, 0.4) is 0 Å². The zero-order valence-electron chi connectivity index (χ0n) is 11.7. The lowest BCUT2D eigenvalue weighted by molar-refractivity contribution is -0.383. The molecule has 0 saturated carbocycles. The molecular weight excluding hydrogens is 308 g/mol. The number of rotatable bonds is 6. The van der Waals surface area contributed by atoms with E-state index in [0.29, 0.717) is 0 Å². The molecule has 4 N–H and O–H groups in total. The van der Waals surface area contributed by atoms with Crippen molar-refractivity contribution in [3.8, 4) is 0 Å². The third-order valence-electron chi connectivity index (χ3n) is 3.10. The minimum Gasteiger partial charge on any atom is -0.395 e. The number of hydrogen-bond acceptors (Lipinski definition) is 7. The van der Waals surface area contributed by atoms with Gasteiger partial charge in [-0.2, -0.15) is 0 Å². The zero-order valence-corrected chi connectivity index (χ0v) is 11.7. The fourth-order valence-electron chi connectivity index (χ4n) is 2.07. The molecule has 3 amide bonds. The largest absolute Gasteiger partial charge is 0.395 e. The summed E-state index contributed by atoms with van der Waals surface area (Å²) in [4.78, 5) is 46.2. The van der Waals surface area contributed by atoms with Gasteiger partial charge in [0.1, 0.15) is 11.4 Å². The van der Waals surface area contributed by atoms with Crippen molar-refractivity contribution in [1.82, 2.24) is 4.90 Å². The summed E-state index contributed by atoms with van der Waals surface area (Å²) >= 11 is 0. The lowest BCUT2D eigenvalue weighted by atomic mass is 10.1. The molecule has 1 aromatic carbocycles. The maximum absolute atomic E-state index is 12.0. The van der Waals surface area contributed by atoms with Crippen molar-refractivity contribution in [2.75, 3.05) is 18.5 Å². The van der Waals surface area contributed by atoms with E-state index in [1.165, 1.54) is 12.1 Å². The second kappa shape index (κ2) is 6.23. The van der Waals surface area contributed by atoms with Crippen molar-refractivity contribution in [2.45, 2.75) is 0 Å². The Morgan fingerprint density at radius 2 is 2.09 bits per heavy atom. The van der Waals surface area contributed by atoms with E-state index in [0.717, 1.165) is 17.0 Å². The number of aliphatic hydroxyl groups is 1. The molecule has 0 unspecified atom stereocenters. The van der Waals surface area contributed by atoms with E-state index in [-0.39, 0.29) is 23.5 Å². The van der Waals surface area contributed by atoms with Gasteiger partial charge < -0.3 is 16.2 Å². The average Bonchev–Trinajstić information content (AvgIpc) is 2.75. The monoisotopic (exact) mass is 320 g/mol. The molecule has 10 nitrogen and oxygen atoms in total. The normalized spacial score (nSPS) is 14.0. The number of nitrogens with one attached hydrogen (secondary N) is 1. The van der Waals surface area contributed by atoms with Gasteiger partial charge in [-0.15, -0.1) is 0 Å². The Morgan fingerprint density at radius 1 is 1.39 bits per heavy atom. The van der Waals surface area contributed by atoms with Crippen LogP contribution in [0.25, 0.3) is 0 Å². The number of para-hydroxylation sites is 1. The van der Waals surface area contributed by atoms with E-state index >= 15 is 0 Å². The zero-order chi connectivity index (χ0) is 17.1. The predicted molar refractivity (Wildman–Crippen MR) is 77.1 cm³/mol. The minimum absolute atomic E-state index is 0.194. The second-order valence-corrected chi connectivity index (χ2v) is 4.52. The molecule has 1 aromatic rings. The highest BCUT2D eigenvalue weighted by Gasteiger charge is 2.32. The first-order valence-corrected chi connectivity index (χ1v) is 6.39. The average molecular weight is 320 g/mol. The van der Waals surface area contributed by atoms with Gasteiger partial charge in [-0.05, 0) is 6.07 Å². The number of nitro benzene ring substituents is 1. The number of imide groups is 1. The number of β-amino-alcohol motifs (C(OH)–C–C–N with tert-alkyl or cyclic N) is 1. The van der Waals surface area contributed by atoms with Gasteiger partial charge in [0.25, 0.3) is 23.4 Å². The smallest absolute Gasteiger partial charge is 0.293 e. The summed E-state index contributed by atoms with van der Waals surface area (Å²) in [5.41, 5.74) is 3.99. The molecular formula is C13H12N4O6. The van der Waals surface area contributed by atoms with E-state index in [1.807, 2.05) is 0 Å². The highest BCUT2D eigenvalue weighted by molar-refractivity contribution is 6.18. The molecule has 0 saturated heterocycles. The van der Waals surface area contributed by atoms with Crippen molar-refractivity contribution in [3.63, 3.8) is 0 Å². The number of carbonyl (C=O) groups excluding carboxylic acids is 3. The topological polar surface area (TPSA) is 156 Å². The molecule has 0 aromatic heterocycles. The Kier molecular flexibility index (Phi) is 4.37. The Hall–Kier alpha value is -3.27. The number of anilines is 1. The van der Waals surface area contributed by atoms with Crippen LogP contribution in [-0.4, -0.2) is 45.8 Å². The van der Waals surface area contributed by atoms with Crippen LogP contribution >= 0.6 is 0 Å². The molecule has 2 rings (SSSR count). The number of benzene rings is 1. The van der Waals surface area contributed by atoms with E-state index in [9.17, 15) is 24.5 Å². The van der Waals surface area contributed by atoms with Crippen LogP contribution in [0.4, 0.5) is 11.4 Å². The van der Waals surface area contributed by atoms with Gasteiger partial charge in [-0.3, -0.25) is 29.4 Å². The van der Waals surface area contributed by atoms with E-state index in [1.54, 1.807) is 0 Å². The van der Waals surface area contributed by atoms with Gasteiger partial charge in [0.2, 0.25) is 0 Å². The molecule has 10 heteroatoms. The van der Waals surface area contributed by atoms with Crippen LogP contribution in [0.2, 0.25) is 0 Å². The summed E-state index contributed by atoms with van der Waals surface area (Å²) < 4.78 is 0. The number of amides is 3. The van der Waals surface area contributed by atoms with Gasteiger partial charge in [-0.25, -0.2) is 0 Å². The van der Waals surface area contributed by atoms with Crippen LogP contribution in [0.5, 0.6) is 0 Å². The van der Waals surface area contributed by atoms with Gasteiger partial charge in [-0.1, -0.05) is 6.07 Å². The summed E-state index contributed by atoms with van der Waals surface area (Å²) in [7, 11) is 0. The number of primary amides is 1. The third kappa shape index (κ3) is 3.01. The van der Waals surface area contributed by atoms with Crippen molar-refractivity contribution in [3.05, 3.63) is 45.6 Å². The molecule has 120 valence electrons. The molecule has 0 fully saturated rings. The molecule has 1 heterocycles. The maximum atomic E-state index is 12.0. The Balaban J connectivity index is 2.43. The van der Waals surface area contributed by atoms with Crippen LogP contribution in [0.15, 0.2) is 30.0 Å². The van der Waals surface area contributed by atoms with Crippen molar-refractivity contribution >= 4 is 29.1 Å². The minimum atomic E-state index is -0.930. The van der Waals surface area contributed by atoms with Crippen LogP contribution in [-0.2, 0) is 9.59 Å². The van der Waals surface area contributed by atoms with Crippen molar-refractivity contribution in [1.29, 1.82) is 0 Å². The summed E-state index contributed by atoms with van der Waals surface area (Å²) in [6.45, 7) is -0.629. The number of carbonyl (C=O) groups is 3. The third-order valence-corrected chi connectivity index (χ3v) is 3.10. The lowest BCUT2D eigenvalue weighted by Gasteiger charge is -2.14. The lowest BCUT2D eigenvalue weighted by Crippen LogP contribution is -2.34. The van der Waals surface area contributed by atoms with Gasteiger partial charge in [0.05, 0.1) is 23.6 Å². The van der Waals surface area contributed by atoms with Crippen molar-refractivity contribution in [2.24, 2.45) is 5.73 Å². The molecule has 0 aliphatic carbocycles. The quantitative estimate of drug-likeness (QED) is 0.357. The first-order chi connectivity index (χ1) is 10.9. The fraction of sp³-hybridized carbons (Fsp3) is 0.154. The highest BCUT2D eigenvalue weighted by atomic mass is 16.6. The standard InChI is InChI=1S/C13H12N4O6/c14-12(20)7-2-1-3-9(17(22)23)11(7)15-8-6-10(19)16(4-5-18)13(8)21/h1-3,6,15,18H,4-5H2,(H2,14,20). The molecule has 1 aliphatic rings. The molecule has 0 spiro atoms. The number of aliphatic hydroxyl groups excluding tert-OH is 1. The Labute approximate surface area is 129 Å². The molecule has 23 heavy (non-hydrogen) atoms. The summed E-state index contributed by atoms with van der Waals surface area (Å²) in [5, 5.41) is 22.3. The van der Waals surface area contributed by atoms with E-state index < -0.39 is 34.9 Å². The molecule has 0 bridgehead atoms. The highest BCUT2D eigenvalue weighted by Crippen LogP contribution is 2.30. The number of nitro groups is 1. The van der Waals surface area contributed by atoms with Crippen LogP contribution in [0, 0.1) is 10.1 Å². The Bertz CT molecular complexity index is 710. The van der Waals surface area contributed by atoms with E-state index in [4.69, 9.17) is 10.8 Å². The van der Waals surface area contributed by atoms with Gasteiger partial charge in [0, 0.05) is 12.1 Å². The van der Waals surface area contributed by atoms with Crippen LogP contribution in [0.1, 0.15) is 10.4 Å². The van der Waals surface area contributed by atoms with Crippen molar-refractivity contribution < 1.29 is 24.4 Å². The summed E-state index contributed by atoms with van der Waals surface area (Å²) in [6, 6.07) is 3.66. The number of nitrogens with two attached hydrogens (primary N) is 1. The van der Waals surface area contributed by atoms with E-state index in [2.05, 4.69) is 5.32 Å².